The van der Waals surface area contributed by atoms with Gasteiger partial charge in [0.2, 0.25) is 0 Å². The maximum atomic E-state index is 10.9. The van der Waals surface area contributed by atoms with E-state index in [9.17, 15) is 4.21 Å². The van der Waals surface area contributed by atoms with Crippen LogP contribution in [0.3, 0.4) is 0 Å². The molecule has 13 heavy (non-hydrogen) atoms. The van der Waals surface area contributed by atoms with E-state index >= 15 is 0 Å². The summed E-state index contributed by atoms with van der Waals surface area (Å²) < 4.78 is 10.9. The van der Waals surface area contributed by atoms with E-state index in [4.69, 9.17) is 0 Å². The molecule has 0 radical (unpaired) electrons. The molecule has 0 aliphatic carbocycles. The van der Waals surface area contributed by atoms with Crippen molar-refractivity contribution in [2.45, 2.75) is 46.2 Å². The second-order valence-electron chi connectivity index (χ2n) is 3.98. The third-order valence-corrected chi connectivity index (χ3v) is 3.50. The van der Waals surface area contributed by atoms with E-state index in [-0.39, 0.29) is 0 Å². The lowest BCUT2D eigenvalue weighted by Gasteiger charge is -2.23. The van der Waals surface area contributed by atoms with Crippen molar-refractivity contribution >= 4 is 10.8 Å². The summed E-state index contributed by atoms with van der Waals surface area (Å²) in [6.07, 6.45) is 2.95. The van der Waals surface area contributed by atoms with Crippen molar-refractivity contribution in [3.8, 4) is 0 Å². The Labute approximate surface area is 84.9 Å². The average Bonchev–Trinajstić information content (AvgIpc) is 2.01. The first-order valence-corrected chi connectivity index (χ1v) is 6.76. The van der Waals surface area contributed by atoms with Gasteiger partial charge in [-0.25, -0.2) is 0 Å². The summed E-state index contributed by atoms with van der Waals surface area (Å²) in [5.41, 5.74) is 0. The Kier molecular flexibility index (Phi) is 6.60. The Morgan fingerprint density at radius 3 is 2.23 bits per heavy atom. The molecule has 0 aromatic rings. The van der Waals surface area contributed by atoms with Gasteiger partial charge in [0, 0.05) is 34.9 Å². The highest BCUT2D eigenvalue weighted by Crippen LogP contribution is 2.07. The van der Waals surface area contributed by atoms with Gasteiger partial charge in [-0.2, -0.15) is 0 Å². The highest BCUT2D eigenvalue weighted by molar-refractivity contribution is 7.84. The van der Waals surface area contributed by atoms with Gasteiger partial charge in [0.25, 0.3) is 0 Å². The molecule has 0 aromatic carbocycles. The maximum Gasteiger partial charge on any atom is 0.0383 e. The molecule has 0 saturated carbocycles. The quantitative estimate of drug-likeness (QED) is 0.716. The number of hydrogen-bond acceptors (Lipinski definition) is 2. The monoisotopic (exact) mass is 205 g/mol. The normalized spacial score (nSPS) is 20.7. The minimum Gasteiger partial charge on any atom is -0.311 e. The molecular formula is C10H23NOS. The smallest absolute Gasteiger partial charge is 0.0383 e. The summed E-state index contributed by atoms with van der Waals surface area (Å²) in [5.74, 6) is 1.44. The van der Waals surface area contributed by atoms with Crippen LogP contribution in [0.1, 0.15) is 34.1 Å². The van der Waals surface area contributed by atoms with Crippen LogP contribution in [0.2, 0.25) is 0 Å². The summed E-state index contributed by atoms with van der Waals surface area (Å²) >= 11 is 0. The average molecular weight is 205 g/mol. The SMILES string of the molecule is CCC(C)C(C)NC(C)CS(C)=O. The molecule has 0 aromatic heterocycles. The molecule has 0 aliphatic rings. The predicted molar refractivity (Wildman–Crippen MR) is 60.4 cm³/mol. The van der Waals surface area contributed by atoms with Crippen LogP contribution in [0.15, 0.2) is 0 Å². The Balaban J connectivity index is 3.76. The zero-order valence-electron chi connectivity index (χ0n) is 9.46. The third kappa shape index (κ3) is 6.22. The topological polar surface area (TPSA) is 29.1 Å². The van der Waals surface area contributed by atoms with E-state index in [1.165, 1.54) is 6.42 Å². The standard InChI is InChI=1S/C10H23NOS/c1-6-8(2)10(4)11-9(3)7-13(5)12/h8-11H,6-7H2,1-5H3. The first-order valence-electron chi connectivity index (χ1n) is 5.03. The van der Waals surface area contributed by atoms with E-state index in [0.29, 0.717) is 18.0 Å². The van der Waals surface area contributed by atoms with Crippen molar-refractivity contribution < 1.29 is 4.21 Å². The first kappa shape index (κ1) is 13.1. The van der Waals surface area contributed by atoms with E-state index in [1.54, 1.807) is 6.26 Å². The van der Waals surface area contributed by atoms with Crippen molar-refractivity contribution in [3.63, 3.8) is 0 Å². The summed E-state index contributed by atoms with van der Waals surface area (Å²) in [6.45, 7) is 8.74. The lowest BCUT2D eigenvalue weighted by Crippen LogP contribution is -2.41. The first-order chi connectivity index (χ1) is 5.97. The fourth-order valence-corrected chi connectivity index (χ4v) is 2.17. The van der Waals surface area contributed by atoms with Crippen LogP contribution < -0.4 is 5.32 Å². The van der Waals surface area contributed by atoms with Gasteiger partial charge >= 0.3 is 0 Å². The summed E-state index contributed by atoms with van der Waals surface area (Å²) in [5, 5.41) is 3.47. The predicted octanol–water partition coefficient (Wildman–Crippen LogP) is 1.78. The fraction of sp³-hybridized carbons (Fsp3) is 1.00. The van der Waals surface area contributed by atoms with Gasteiger partial charge in [0.1, 0.15) is 0 Å². The highest BCUT2D eigenvalue weighted by Gasteiger charge is 2.13. The second kappa shape index (κ2) is 6.55. The largest absolute Gasteiger partial charge is 0.311 e. The molecule has 0 spiro atoms. The van der Waals surface area contributed by atoms with Gasteiger partial charge in [-0.3, -0.25) is 4.21 Å². The zero-order chi connectivity index (χ0) is 10.4. The molecule has 4 unspecified atom stereocenters. The van der Waals surface area contributed by atoms with E-state index < -0.39 is 10.8 Å². The maximum absolute atomic E-state index is 10.9. The molecule has 0 heterocycles. The van der Waals surface area contributed by atoms with Crippen LogP contribution in [0, 0.1) is 5.92 Å². The van der Waals surface area contributed by atoms with E-state index in [2.05, 4.69) is 33.0 Å². The summed E-state index contributed by atoms with van der Waals surface area (Å²) in [4.78, 5) is 0. The Morgan fingerprint density at radius 2 is 1.85 bits per heavy atom. The lowest BCUT2D eigenvalue weighted by molar-refractivity contribution is 0.367. The Hall–Kier alpha value is 0.110. The molecule has 0 bridgehead atoms. The third-order valence-electron chi connectivity index (χ3n) is 2.53. The molecule has 80 valence electrons. The van der Waals surface area contributed by atoms with E-state index in [0.717, 1.165) is 5.75 Å². The van der Waals surface area contributed by atoms with Gasteiger partial charge in [0.15, 0.2) is 0 Å². The molecule has 1 N–H and O–H groups in total. The minimum absolute atomic E-state index is 0.356. The molecule has 0 aliphatic heterocycles. The van der Waals surface area contributed by atoms with Gasteiger partial charge in [0.05, 0.1) is 0 Å². The number of hydrogen-bond donors (Lipinski definition) is 1. The summed E-state index contributed by atoms with van der Waals surface area (Å²) in [6, 6.07) is 0.874. The molecule has 3 heteroatoms. The fourth-order valence-electron chi connectivity index (χ4n) is 1.37. The Bertz CT molecular complexity index is 161. The van der Waals surface area contributed by atoms with Crippen molar-refractivity contribution in [1.82, 2.24) is 5.32 Å². The molecule has 0 fully saturated rings. The van der Waals surface area contributed by atoms with Crippen LogP contribution >= 0.6 is 0 Å². The highest BCUT2D eigenvalue weighted by atomic mass is 32.2. The molecule has 2 nitrogen and oxygen atoms in total. The van der Waals surface area contributed by atoms with Crippen molar-refractivity contribution in [1.29, 1.82) is 0 Å². The molecular weight excluding hydrogens is 182 g/mol. The lowest BCUT2D eigenvalue weighted by atomic mass is 10.0. The van der Waals surface area contributed by atoms with Crippen molar-refractivity contribution in [3.05, 3.63) is 0 Å². The van der Waals surface area contributed by atoms with Gasteiger partial charge in [-0.1, -0.05) is 20.3 Å². The Morgan fingerprint density at radius 1 is 1.31 bits per heavy atom. The second-order valence-corrected chi connectivity index (χ2v) is 5.46. The summed E-state index contributed by atoms with van der Waals surface area (Å²) in [7, 11) is -0.690. The van der Waals surface area contributed by atoms with Crippen LogP contribution in [0.25, 0.3) is 0 Å². The van der Waals surface area contributed by atoms with Crippen molar-refractivity contribution in [2.75, 3.05) is 12.0 Å². The molecule has 0 amide bonds. The number of rotatable bonds is 6. The molecule has 0 saturated heterocycles. The van der Waals surface area contributed by atoms with Gasteiger partial charge in [-0.15, -0.1) is 0 Å². The van der Waals surface area contributed by atoms with Gasteiger partial charge in [-0.05, 0) is 19.8 Å². The number of nitrogens with one attached hydrogen (secondary N) is 1. The van der Waals surface area contributed by atoms with Crippen LogP contribution in [-0.2, 0) is 10.8 Å². The zero-order valence-corrected chi connectivity index (χ0v) is 10.3. The van der Waals surface area contributed by atoms with Crippen molar-refractivity contribution in [2.24, 2.45) is 5.92 Å². The molecule has 4 atom stereocenters. The molecule has 0 rings (SSSR count). The minimum atomic E-state index is -0.690. The van der Waals surface area contributed by atoms with Crippen LogP contribution in [0.5, 0.6) is 0 Å². The van der Waals surface area contributed by atoms with Crippen LogP contribution in [0.4, 0.5) is 0 Å². The van der Waals surface area contributed by atoms with Crippen LogP contribution in [-0.4, -0.2) is 28.3 Å². The van der Waals surface area contributed by atoms with Gasteiger partial charge < -0.3 is 5.32 Å². The van der Waals surface area contributed by atoms with E-state index in [1.807, 2.05) is 0 Å².